The van der Waals surface area contributed by atoms with E-state index in [1.165, 1.54) is 12.1 Å². The standard InChI is InChI=1S/C15H16N2O4S/c18-22(19,17-8-5-12-3-6-16-7-4-12)13-1-2-14-15(11-13)21-10-9-20-14/h1-4,6-7,11,17H,5,8-10H2. The number of aromatic nitrogens is 1. The van der Waals surface area contributed by atoms with Crippen LogP contribution >= 0.6 is 0 Å². The third-order valence-corrected chi connectivity index (χ3v) is 4.74. The van der Waals surface area contributed by atoms with Crippen molar-refractivity contribution in [1.29, 1.82) is 0 Å². The Morgan fingerprint density at radius 2 is 1.77 bits per heavy atom. The van der Waals surface area contributed by atoms with Crippen molar-refractivity contribution in [3.8, 4) is 11.5 Å². The molecule has 0 radical (unpaired) electrons. The van der Waals surface area contributed by atoms with E-state index in [-0.39, 0.29) is 4.90 Å². The van der Waals surface area contributed by atoms with E-state index in [2.05, 4.69) is 9.71 Å². The smallest absolute Gasteiger partial charge is 0.240 e. The molecule has 3 rings (SSSR count). The molecule has 0 saturated carbocycles. The summed E-state index contributed by atoms with van der Waals surface area (Å²) in [5.41, 5.74) is 1.03. The van der Waals surface area contributed by atoms with Crippen molar-refractivity contribution in [2.75, 3.05) is 19.8 Å². The van der Waals surface area contributed by atoms with Gasteiger partial charge in [0.1, 0.15) is 13.2 Å². The Morgan fingerprint density at radius 3 is 2.55 bits per heavy atom. The molecule has 0 fully saturated rings. The van der Waals surface area contributed by atoms with Gasteiger partial charge in [0.05, 0.1) is 4.90 Å². The number of hydrogen-bond acceptors (Lipinski definition) is 5. The summed E-state index contributed by atoms with van der Waals surface area (Å²) in [5.74, 6) is 1.03. The fourth-order valence-electron chi connectivity index (χ4n) is 2.15. The molecule has 1 aliphatic heterocycles. The van der Waals surface area contributed by atoms with Crippen LogP contribution in [0.5, 0.6) is 11.5 Å². The Labute approximate surface area is 129 Å². The van der Waals surface area contributed by atoms with Crippen LogP contribution in [-0.4, -0.2) is 33.2 Å². The molecule has 22 heavy (non-hydrogen) atoms. The van der Waals surface area contributed by atoms with Crippen LogP contribution in [-0.2, 0) is 16.4 Å². The van der Waals surface area contributed by atoms with Gasteiger partial charge in [-0.1, -0.05) is 0 Å². The van der Waals surface area contributed by atoms with Crippen molar-refractivity contribution in [2.24, 2.45) is 0 Å². The van der Waals surface area contributed by atoms with E-state index < -0.39 is 10.0 Å². The summed E-state index contributed by atoms with van der Waals surface area (Å²) in [6.45, 7) is 1.22. The molecule has 1 N–H and O–H groups in total. The normalized spacial score (nSPS) is 13.8. The van der Waals surface area contributed by atoms with Gasteiger partial charge in [0.15, 0.2) is 11.5 Å². The third kappa shape index (κ3) is 3.37. The molecular weight excluding hydrogens is 304 g/mol. The van der Waals surface area contributed by atoms with E-state index in [9.17, 15) is 8.42 Å². The minimum Gasteiger partial charge on any atom is -0.486 e. The highest BCUT2D eigenvalue weighted by Gasteiger charge is 2.18. The summed E-state index contributed by atoms with van der Waals surface area (Å²) < 4.78 is 38.0. The van der Waals surface area contributed by atoms with Crippen molar-refractivity contribution in [2.45, 2.75) is 11.3 Å². The Balaban J connectivity index is 1.67. The molecular formula is C15H16N2O4S. The number of fused-ring (bicyclic) bond motifs is 1. The summed E-state index contributed by atoms with van der Waals surface area (Å²) >= 11 is 0. The van der Waals surface area contributed by atoms with E-state index in [0.29, 0.717) is 37.7 Å². The third-order valence-electron chi connectivity index (χ3n) is 3.28. The Bertz CT molecular complexity index is 747. The molecule has 0 atom stereocenters. The molecule has 2 aromatic rings. The van der Waals surface area contributed by atoms with E-state index in [4.69, 9.17) is 9.47 Å². The average molecular weight is 320 g/mol. The van der Waals surface area contributed by atoms with Gasteiger partial charge in [-0.3, -0.25) is 4.98 Å². The monoisotopic (exact) mass is 320 g/mol. The number of ether oxygens (including phenoxy) is 2. The summed E-state index contributed by atoms with van der Waals surface area (Å²) in [5, 5.41) is 0. The summed E-state index contributed by atoms with van der Waals surface area (Å²) in [7, 11) is -3.57. The lowest BCUT2D eigenvalue weighted by atomic mass is 10.2. The maximum Gasteiger partial charge on any atom is 0.240 e. The minimum absolute atomic E-state index is 0.173. The van der Waals surface area contributed by atoms with Crippen LogP contribution in [0.4, 0.5) is 0 Å². The van der Waals surface area contributed by atoms with Crippen LogP contribution < -0.4 is 14.2 Å². The molecule has 0 aliphatic carbocycles. The Kier molecular flexibility index (Phi) is 4.26. The fourth-order valence-corrected chi connectivity index (χ4v) is 3.20. The molecule has 1 aliphatic rings. The maximum absolute atomic E-state index is 12.3. The van der Waals surface area contributed by atoms with Gasteiger partial charge in [-0.15, -0.1) is 0 Å². The molecule has 1 aromatic heterocycles. The highest BCUT2D eigenvalue weighted by molar-refractivity contribution is 7.89. The predicted molar refractivity (Wildman–Crippen MR) is 80.6 cm³/mol. The van der Waals surface area contributed by atoms with E-state index in [0.717, 1.165) is 5.56 Å². The number of rotatable bonds is 5. The van der Waals surface area contributed by atoms with E-state index in [1.807, 2.05) is 12.1 Å². The summed E-state index contributed by atoms with van der Waals surface area (Å²) in [6.07, 6.45) is 3.97. The Hall–Kier alpha value is -2.12. The number of hydrogen-bond donors (Lipinski definition) is 1. The molecule has 2 heterocycles. The van der Waals surface area contributed by atoms with E-state index in [1.54, 1.807) is 18.5 Å². The summed E-state index contributed by atoms with van der Waals surface area (Å²) in [6, 6.07) is 8.34. The largest absolute Gasteiger partial charge is 0.486 e. The molecule has 1 aromatic carbocycles. The number of benzene rings is 1. The molecule has 6 nitrogen and oxygen atoms in total. The molecule has 0 unspecified atom stereocenters. The maximum atomic E-state index is 12.3. The second-order valence-electron chi connectivity index (χ2n) is 4.81. The van der Waals surface area contributed by atoms with Gasteiger partial charge in [-0.2, -0.15) is 0 Å². The number of nitrogens with zero attached hydrogens (tertiary/aromatic N) is 1. The van der Waals surface area contributed by atoms with Crippen molar-refractivity contribution in [3.05, 3.63) is 48.3 Å². The van der Waals surface area contributed by atoms with Crippen LogP contribution in [0.3, 0.4) is 0 Å². The zero-order valence-corrected chi connectivity index (χ0v) is 12.7. The highest BCUT2D eigenvalue weighted by atomic mass is 32.2. The topological polar surface area (TPSA) is 77.5 Å². The predicted octanol–water partition coefficient (Wildman–Crippen LogP) is 1.37. The second kappa shape index (κ2) is 6.33. The molecule has 7 heteroatoms. The Morgan fingerprint density at radius 1 is 1.05 bits per heavy atom. The van der Waals surface area contributed by atoms with Crippen LogP contribution in [0.1, 0.15) is 5.56 Å². The first-order valence-corrected chi connectivity index (χ1v) is 8.42. The zero-order chi connectivity index (χ0) is 15.4. The van der Waals surface area contributed by atoms with Crippen molar-refractivity contribution in [3.63, 3.8) is 0 Å². The second-order valence-corrected chi connectivity index (χ2v) is 6.58. The summed E-state index contributed by atoms with van der Waals surface area (Å²) in [4.78, 5) is 4.10. The number of sulfonamides is 1. The van der Waals surface area contributed by atoms with Gasteiger partial charge >= 0.3 is 0 Å². The van der Waals surface area contributed by atoms with Gasteiger partial charge in [0, 0.05) is 25.0 Å². The molecule has 0 spiro atoms. The van der Waals surface area contributed by atoms with Gasteiger partial charge in [-0.25, -0.2) is 13.1 Å². The lowest BCUT2D eigenvalue weighted by molar-refractivity contribution is 0.171. The average Bonchev–Trinajstić information content (AvgIpc) is 2.55. The lowest BCUT2D eigenvalue weighted by Gasteiger charge is -2.18. The van der Waals surface area contributed by atoms with Crippen molar-refractivity contribution >= 4 is 10.0 Å². The van der Waals surface area contributed by atoms with Crippen molar-refractivity contribution in [1.82, 2.24) is 9.71 Å². The molecule has 0 amide bonds. The first-order valence-electron chi connectivity index (χ1n) is 6.93. The van der Waals surface area contributed by atoms with Crippen LogP contribution in [0.15, 0.2) is 47.6 Å². The fraction of sp³-hybridized carbons (Fsp3) is 0.267. The van der Waals surface area contributed by atoms with E-state index >= 15 is 0 Å². The lowest BCUT2D eigenvalue weighted by Crippen LogP contribution is -2.26. The first kappa shape index (κ1) is 14.8. The van der Waals surface area contributed by atoms with Gasteiger partial charge in [0.25, 0.3) is 0 Å². The van der Waals surface area contributed by atoms with Gasteiger partial charge in [0.2, 0.25) is 10.0 Å². The van der Waals surface area contributed by atoms with Gasteiger partial charge < -0.3 is 9.47 Å². The highest BCUT2D eigenvalue weighted by Crippen LogP contribution is 2.32. The van der Waals surface area contributed by atoms with Crippen LogP contribution in [0, 0.1) is 0 Å². The SMILES string of the molecule is O=S(=O)(NCCc1ccncc1)c1ccc2c(c1)OCCO2. The molecule has 0 saturated heterocycles. The van der Waals surface area contributed by atoms with Crippen molar-refractivity contribution < 1.29 is 17.9 Å². The quantitative estimate of drug-likeness (QED) is 0.900. The van der Waals surface area contributed by atoms with Crippen LogP contribution in [0.2, 0.25) is 0 Å². The number of pyridine rings is 1. The molecule has 0 bridgehead atoms. The minimum atomic E-state index is -3.57. The van der Waals surface area contributed by atoms with Crippen LogP contribution in [0.25, 0.3) is 0 Å². The van der Waals surface area contributed by atoms with Gasteiger partial charge in [-0.05, 0) is 36.2 Å². The first-order chi connectivity index (χ1) is 10.6. The number of nitrogens with one attached hydrogen (secondary N) is 1. The molecule has 116 valence electrons. The zero-order valence-electron chi connectivity index (χ0n) is 11.9.